The monoisotopic (exact) mass is 391 g/mol. The molecule has 4 nitrogen and oxygen atoms in total. The molecule has 2 aromatic rings. The van der Waals surface area contributed by atoms with Crippen LogP contribution >= 0.6 is 0 Å². The first-order chi connectivity index (χ1) is 14.2. The molecule has 0 spiro atoms. The summed E-state index contributed by atoms with van der Waals surface area (Å²) in [7, 11) is 1.95. The molecule has 2 aliphatic heterocycles. The van der Waals surface area contributed by atoms with Crippen molar-refractivity contribution in [2.75, 3.05) is 33.2 Å². The van der Waals surface area contributed by atoms with Crippen molar-refractivity contribution in [3.05, 3.63) is 71.3 Å². The molecule has 2 aromatic carbocycles. The minimum absolute atomic E-state index is 0.201. The van der Waals surface area contributed by atoms with Crippen molar-refractivity contribution in [2.24, 2.45) is 5.92 Å². The minimum atomic E-state index is 0.201. The average molecular weight is 392 g/mol. The van der Waals surface area contributed by atoms with Gasteiger partial charge in [-0.2, -0.15) is 0 Å². The van der Waals surface area contributed by atoms with Crippen LogP contribution in [0.2, 0.25) is 0 Å². The number of amides is 1. The Kier molecular flexibility index (Phi) is 6.31. The Labute approximate surface area is 174 Å². The summed E-state index contributed by atoms with van der Waals surface area (Å²) in [6.45, 7) is 6.26. The van der Waals surface area contributed by atoms with Gasteiger partial charge in [-0.3, -0.25) is 4.79 Å². The summed E-state index contributed by atoms with van der Waals surface area (Å²) in [5, 5.41) is 3.26. The molecule has 4 rings (SSSR count). The van der Waals surface area contributed by atoms with Crippen LogP contribution in [0.4, 0.5) is 0 Å². The highest BCUT2D eigenvalue weighted by molar-refractivity contribution is 5.94. The summed E-state index contributed by atoms with van der Waals surface area (Å²) in [6.07, 6.45) is 3.44. The van der Waals surface area contributed by atoms with E-state index in [9.17, 15) is 4.79 Å². The average Bonchev–Trinajstić information content (AvgIpc) is 3.20. The Morgan fingerprint density at radius 1 is 1.10 bits per heavy atom. The Morgan fingerprint density at radius 3 is 2.69 bits per heavy atom. The molecule has 2 fully saturated rings. The molecule has 2 aliphatic rings. The summed E-state index contributed by atoms with van der Waals surface area (Å²) >= 11 is 0. The lowest BCUT2D eigenvalue weighted by Gasteiger charge is -2.38. The van der Waals surface area contributed by atoms with Gasteiger partial charge in [0.05, 0.1) is 0 Å². The van der Waals surface area contributed by atoms with Crippen molar-refractivity contribution in [1.29, 1.82) is 0 Å². The van der Waals surface area contributed by atoms with Crippen LogP contribution in [0.1, 0.15) is 47.3 Å². The van der Waals surface area contributed by atoms with Crippen LogP contribution in [-0.4, -0.2) is 55.0 Å². The van der Waals surface area contributed by atoms with E-state index in [4.69, 9.17) is 0 Å². The third kappa shape index (κ3) is 4.54. The summed E-state index contributed by atoms with van der Waals surface area (Å²) in [4.78, 5) is 18.0. The zero-order chi connectivity index (χ0) is 20.2. The molecule has 3 atom stereocenters. The molecule has 3 unspecified atom stereocenters. The zero-order valence-electron chi connectivity index (χ0n) is 17.7. The second kappa shape index (κ2) is 9.10. The fourth-order valence-electron chi connectivity index (χ4n) is 4.87. The van der Waals surface area contributed by atoms with Gasteiger partial charge in [0.1, 0.15) is 0 Å². The Balaban J connectivity index is 1.42. The Bertz CT molecular complexity index is 822. The molecule has 2 heterocycles. The minimum Gasteiger partial charge on any atom is -0.334 e. The number of hydrogen-bond donors (Lipinski definition) is 1. The lowest BCUT2D eigenvalue weighted by atomic mass is 9.91. The third-order valence-electron chi connectivity index (χ3n) is 6.83. The van der Waals surface area contributed by atoms with Crippen LogP contribution in [0.15, 0.2) is 54.6 Å². The lowest BCUT2D eigenvalue weighted by Crippen LogP contribution is -2.50. The molecule has 0 aliphatic carbocycles. The van der Waals surface area contributed by atoms with E-state index in [1.807, 2.05) is 19.2 Å². The second-order valence-corrected chi connectivity index (χ2v) is 8.58. The van der Waals surface area contributed by atoms with E-state index in [0.717, 1.165) is 44.6 Å². The molecule has 0 saturated carbocycles. The number of fused-ring (bicyclic) bond motifs is 1. The van der Waals surface area contributed by atoms with E-state index >= 15 is 0 Å². The number of carbonyl (C=O) groups excluding carboxylic acids is 1. The molecule has 0 bridgehead atoms. The van der Waals surface area contributed by atoms with E-state index in [-0.39, 0.29) is 11.9 Å². The van der Waals surface area contributed by atoms with Crippen molar-refractivity contribution < 1.29 is 4.79 Å². The molecule has 1 N–H and O–H groups in total. The number of nitrogens with one attached hydrogen (secondary N) is 1. The SMILES string of the molecule is CNC(C)c1cccc(C(=O)N2CCC3CCN(CCc4ccccc4)CC32)c1. The van der Waals surface area contributed by atoms with E-state index < -0.39 is 0 Å². The van der Waals surface area contributed by atoms with Gasteiger partial charge in [-0.25, -0.2) is 0 Å². The zero-order valence-corrected chi connectivity index (χ0v) is 17.7. The molecule has 1 amide bonds. The van der Waals surface area contributed by atoms with Gasteiger partial charge in [0, 0.05) is 37.3 Å². The van der Waals surface area contributed by atoms with Crippen LogP contribution in [0, 0.1) is 5.92 Å². The van der Waals surface area contributed by atoms with E-state index in [1.54, 1.807) is 0 Å². The first kappa shape index (κ1) is 20.1. The number of benzene rings is 2. The molecule has 0 radical (unpaired) electrons. The number of carbonyl (C=O) groups is 1. The van der Waals surface area contributed by atoms with Gasteiger partial charge >= 0.3 is 0 Å². The van der Waals surface area contributed by atoms with Gasteiger partial charge in [0.2, 0.25) is 0 Å². The van der Waals surface area contributed by atoms with Gasteiger partial charge in [0.15, 0.2) is 0 Å². The quantitative estimate of drug-likeness (QED) is 0.815. The van der Waals surface area contributed by atoms with Crippen LogP contribution in [0.3, 0.4) is 0 Å². The fourth-order valence-corrected chi connectivity index (χ4v) is 4.87. The van der Waals surface area contributed by atoms with Crippen LogP contribution in [-0.2, 0) is 6.42 Å². The maximum absolute atomic E-state index is 13.3. The molecular weight excluding hydrogens is 358 g/mol. The van der Waals surface area contributed by atoms with Crippen molar-refractivity contribution in [3.8, 4) is 0 Å². The smallest absolute Gasteiger partial charge is 0.254 e. The fraction of sp³-hybridized carbons (Fsp3) is 0.480. The molecule has 29 heavy (non-hydrogen) atoms. The molecular formula is C25H33N3O. The number of nitrogens with zero attached hydrogens (tertiary/aromatic N) is 2. The van der Waals surface area contributed by atoms with Crippen molar-refractivity contribution in [3.63, 3.8) is 0 Å². The first-order valence-corrected chi connectivity index (χ1v) is 11.0. The maximum atomic E-state index is 13.3. The molecule has 2 saturated heterocycles. The molecule has 4 heteroatoms. The highest BCUT2D eigenvalue weighted by Gasteiger charge is 2.40. The van der Waals surface area contributed by atoms with E-state index in [1.165, 1.54) is 17.5 Å². The van der Waals surface area contributed by atoms with E-state index in [2.05, 4.69) is 64.5 Å². The Hall–Kier alpha value is -2.17. The predicted octanol–water partition coefficient (Wildman–Crippen LogP) is 3.75. The topological polar surface area (TPSA) is 35.6 Å². The standard InChI is InChI=1S/C25H33N3O/c1-19(26-2)22-9-6-10-23(17-22)25(29)28-16-13-21-12-15-27(18-24(21)28)14-11-20-7-4-3-5-8-20/h3-10,17,19,21,24,26H,11-16,18H2,1-2H3. The van der Waals surface area contributed by atoms with Crippen molar-refractivity contribution in [2.45, 2.75) is 38.3 Å². The predicted molar refractivity (Wildman–Crippen MR) is 118 cm³/mol. The van der Waals surface area contributed by atoms with Crippen molar-refractivity contribution >= 4 is 5.91 Å². The van der Waals surface area contributed by atoms with Crippen LogP contribution < -0.4 is 5.32 Å². The molecule has 0 aromatic heterocycles. The van der Waals surface area contributed by atoms with Gasteiger partial charge in [0.25, 0.3) is 5.91 Å². The number of hydrogen-bond acceptors (Lipinski definition) is 3. The van der Waals surface area contributed by atoms with Gasteiger partial charge in [-0.1, -0.05) is 42.5 Å². The summed E-state index contributed by atoms with van der Waals surface area (Å²) in [6, 6.07) is 19.5. The number of likely N-dealkylation sites (tertiary alicyclic amines) is 2. The Morgan fingerprint density at radius 2 is 1.90 bits per heavy atom. The summed E-state index contributed by atoms with van der Waals surface area (Å²) in [5.41, 5.74) is 3.39. The van der Waals surface area contributed by atoms with Crippen molar-refractivity contribution in [1.82, 2.24) is 15.1 Å². The van der Waals surface area contributed by atoms with E-state index in [0.29, 0.717) is 12.0 Å². The second-order valence-electron chi connectivity index (χ2n) is 8.58. The highest BCUT2D eigenvalue weighted by Crippen LogP contribution is 2.33. The summed E-state index contributed by atoms with van der Waals surface area (Å²) < 4.78 is 0. The largest absolute Gasteiger partial charge is 0.334 e. The van der Waals surface area contributed by atoms with Gasteiger partial charge in [-0.15, -0.1) is 0 Å². The highest BCUT2D eigenvalue weighted by atomic mass is 16.2. The maximum Gasteiger partial charge on any atom is 0.254 e. The number of piperidine rings is 1. The first-order valence-electron chi connectivity index (χ1n) is 11.0. The van der Waals surface area contributed by atoms with Crippen LogP contribution in [0.5, 0.6) is 0 Å². The van der Waals surface area contributed by atoms with Gasteiger partial charge < -0.3 is 15.1 Å². The molecule has 154 valence electrons. The van der Waals surface area contributed by atoms with Gasteiger partial charge in [-0.05, 0) is 69.0 Å². The summed E-state index contributed by atoms with van der Waals surface area (Å²) in [5.74, 6) is 0.860. The normalized spacial score (nSPS) is 23.0. The van der Waals surface area contributed by atoms with Crippen LogP contribution in [0.25, 0.3) is 0 Å². The lowest BCUT2D eigenvalue weighted by molar-refractivity contribution is 0.0602. The third-order valence-corrected chi connectivity index (χ3v) is 6.83. The number of rotatable bonds is 6.